The minimum absolute atomic E-state index is 0. The molecule has 0 atom stereocenters. The number of carbonyl (C=O) groups is 1. The molecule has 1 heterocycles. The Labute approximate surface area is 128 Å². The van der Waals surface area contributed by atoms with E-state index in [2.05, 4.69) is 17.1 Å². The second kappa shape index (κ2) is 8.28. The molecule has 0 bridgehead atoms. The minimum Gasteiger partial charge on any atom is -0.336 e. The SMILES string of the molecule is CCCN(C(=O)c1ccccc1C)C1CCNCC1.Cl. The Hall–Kier alpha value is -1.06. The molecule has 1 N–H and O–H groups in total. The van der Waals surface area contributed by atoms with Gasteiger partial charge in [-0.3, -0.25) is 4.79 Å². The van der Waals surface area contributed by atoms with Crippen molar-refractivity contribution in [3.05, 3.63) is 35.4 Å². The maximum absolute atomic E-state index is 12.8. The fraction of sp³-hybridized carbons (Fsp3) is 0.562. The van der Waals surface area contributed by atoms with Crippen molar-refractivity contribution in [2.75, 3.05) is 19.6 Å². The number of aryl methyl sites for hydroxylation is 1. The largest absolute Gasteiger partial charge is 0.336 e. The smallest absolute Gasteiger partial charge is 0.254 e. The van der Waals surface area contributed by atoms with Crippen molar-refractivity contribution in [2.45, 2.75) is 39.2 Å². The molecule has 0 radical (unpaired) electrons. The number of hydrogen-bond acceptors (Lipinski definition) is 2. The first-order valence-electron chi connectivity index (χ1n) is 7.31. The van der Waals surface area contributed by atoms with Crippen molar-refractivity contribution in [1.29, 1.82) is 0 Å². The summed E-state index contributed by atoms with van der Waals surface area (Å²) < 4.78 is 0. The van der Waals surface area contributed by atoms with Crippen LogP contribution in [-0.2, 0) is 0 Å². The van der Waals surface area contributed by atoms with Gasteiger partial charge in [0.05, 0.1) is 0 Å². The molecular weight excluding hydrogens is 272 g/mol. The van der Waals surface area contributed by atoms with Crippen LogP contribution in [0.5, 0.6) is 0 Å². The normalized spacial score (nSPS) is 15.5. The van der Waals surface area contributed by atoms with Crippen LogP contribution in [0, 0.1) is 6.92 Å². The molecule has 1 fully saturated rings. The van der Waals surface area contributed by atoms with E-state index in [4.69, 9.17) is 0 Å². The van der Waals surface area contributed by atoms with Crippen LogP contribution >= 0.6 is 12.4 Å². The molecule has 1 aromatic rings. The molecule has 1 saturated heterocycles. The van der Waals surface area contributed by atoms with E-state index >= 15 is 0 Å². The first kappa shape index (κ1) is 17.0. The highest BCUT2D eigenvalue weighted by Crippen LogP contribution is 2.18. The first-order valence-corrected chi connectivity index (χ1v) is 7.31. The summed E-state index contributed by atoms with van der Waals surface area (Å²) in [6, 6.07) is 8.29. The third kappa shape index (κ3) is 3.97. The van der Waals surface area contributed by atoms with E-state index in [1.54, 1.807) is 0 Å². The number of rotatable bonds is 4. The van der Waals surface area contributed by atoms with Gasteiger partial charge in [-0.1, -0.05) is 25.1 Å². The van der Waals surface area contributed by atoms with Gasteiger partial charge in [0.15, 0.2) is 0 Å². The lowest BCUT2D eigenvalue weighted by Gasteiger charge is -2.35. The van der Waals surface area contributed by atoms with Crippen molar-refractivity contribution in [3.8, 4) is 0 Å². The molecule has 1 aliphatic rings. The molecule has 1 aromatic carbocycles. The van der Waals surface area contributed by atoms with E-state index in [0.717, 1.165) is 50.0 Å². The molecule has 0 aliphatic carbocycles. The minimum atomic E-state index is 0. The molecule has 20 heavy (non-hydrogen) atoms. The number of benzene rings is 1. The van der Waals surface area contributed by atoms with Gasteiger partial charge in [-0.15, -0.1) is 12.4 Å². The Bertz CT molecular complexity index is 430. The average Bonchev–Trinajstić information content (AvgIpc) is 2.45. The summed E-state index contributed by atoms with van der Waals surface area (Å²) in [5.74, 6) is 0.201. The lowest BCUT2D eigenvalue weighted by atomic mass is 10.0. The zero-order valence-corrected chi connectivity index (χ0v) is 13.2. The van der Waals surface area contributed by atoms with Crippen molar-refractivity contribution in [3.63, 3.8) is 0 Å². The molecule has 3 nitrogen and oxygen atoms in total. The molecule has 0 saturated carbocycles. The second-order valence-corrected chi connectivity index (χ2v) is 5.29. The monoisotopic (exact) mass is 296 g/mol. The van der Waals surface area contributed by atoms with Gasteiger partial charge in [0.2, 0.25) is 0 Å². The number of hydrogen-bond donors (Lipinski definition) is 1. The summed E-state index contributed by atoms with van der Waals surface area (Å²) >= 11 is 0. The standard InChI is InChI=1S/C16H24N2O.ClH/c1-3-12-18(14-8-10-17-11-9-14)16(19)15-7-5-4-6-13(15)2;/h4-7,14,17H,3,8-12H2,1-2H3;1H. The van der Waals surface area contributed by atoms with Gasteiger partial charge in [-0.25, -0.2) is 0 Å². The fourth-order valence-electron chi connectivity index (χ4n) is 2.78. The van der Waals surface area contributed by atoms with Crippen LogP contribution in [0.25, 0.3) is 0 Å². The summed E-state index contributed by atoms with van der Waals surface area (Å²) in [6.07, 6.45) is 3.15. The predicted molar refractivity (Wildman–Crippen MR) is 85.6 cm³/mol. The number of amides is 1. The van der Waals surface area contributed by atoms with Gasteiger partial charge in [0, 0.05) is 18.2 Å². The molecule has 4 heteroatoms. The van der Waals surface area contributed by atoms with E-state index in [1.165, 1.54) is 0 Å². The van der Waals surface area contributed by atoms with Crippen LogP contribution in [0.2, 0.25) is 0 Å². The summed E-state index contributed by atoms with van der Waals surface area (Å²) in [5, 5.41) is 3.36. The van der Waals surface area contributed by atoms with Gasteiger partial charge < -0.3 is 10.2 Å². The van der Waals surface area contributed by atoms with Crippen LogP contribution in [-0.4, -0.2) is 36.5 Å². The van der Waals surface area contributed by atoms with Crippen molar-refractivity contribution >= 4 is 18.3 Å². The van der Waals surface area contributed by atoms with Crippen LogP contribution in [0.1, 0.15) is 42.1 Å². The van der Waals surface area contributed by atoms with Crippen LogP contribution in [0.3, 0.4) is 0 Å². The predicted octanol–water partition coefficient (Wildman–Crippen LogP) is 3.02. The Kier molecular flexibility index (Phi) is 7.03. The number of piperidine rings is 1. The van der Waals surface area contributed by atoms with Gasteiger partial charge in [-0.05, 0) is 50.9 Å². The Morgan fingerprint density at radius 2 is 1.95 bits per heavy atom. The quantitative estimate of drug-likeness (QED) is 0.926. The van der Waals surface area contributed by atoms with E-state index < -0.39 is 0 Å². The van der Waals surface area contributed by atoms with E-state index in [1.807, 2.05) is 31.2 Å². The maximum atomic E-state index is 12.8. The van der Waals surface area contributed by atoms with Gasteiger partial charge in [-0.2, -0.15) is 0 Å². The fourth-order valence-corrected chi connectivity index (χ4v) is 2.78. The zero-order chi connectivity index (χ0) is 13.7. The van der Waals surface area contributed by atoms with Gasteiger partial charge >= 0.3 is 0 Å². The number of nitrogens with one attached hydrogen (secondary N) is 1. The maximum Gasteiger partial charge on any atom is 0.254 e. The molecular formula is C16H25ClN2O. The third-order valence-electron chi connectivity index (χ3n) is 3.85. The molecule has 0 spiro atoms. The highest BCUT2D eigenvalue weighted by molar-refractivity contribution is 5.95. The number of nitrogens with zero attached hydrogens (tertiary/aromatic N) is 1. The summed E-state index contributed by atoms with van der Waals surface area (Å²) in [4.78, 5) is 14.8. The van der Waals surface area contributed by atoms with Crippen molar-refractivity contribution in [2.24, 2.45) is 0 Å². The van der Waals surface area contributed by atoms with Crippen molar-refractivity contribution < 1.29 is 4.79 Å². The highest BCUT2D eigenvalue weighted by atomic mass is 35.5. The Morgan fingerprint density at radius 1 is 1.30 bits per heavy atom. The Morgan fingerprint density at radius 3 is 2.55 bits per heavy atom. The number of halogens is 1. The van der Waals surface area contributed by atoms with Crippen LogP contribution in [0.4, 0.5) is 0 Å². The van der Waals surface area contributed by atoms with Gasteiger partial charge in [0.1, 0.15) is 0 Å². The molecule has 0 aromatic heterocycles. The summed E-state index contributed by atoms with van der Waals surface area (Å²) in [5.41, 5.74) is 1.93. The van der Waals surface area contributed by atoms with Crippen LogP contribution in [0.15, 0.2) is 24.3 Å². The first-order chi connectivity index (χ1) is 9.24. The van der Waals surface area contributed by atoms with Crippen LogP contribution < -0.4 is 5.32 Å². The molecule has 2 rings (SSSR count). The van der Waals surface area contributed by atoms with E-state index in [0.29, 0.717) is 6.04 Å². The lowest BCUT2D eigenvalue weighted by molar-refractivity contribution is 0.0642. The average molecular weight is 297 g/mol. The molecule has 0 unspecified atom stereocenters. The number of carbonyl (C=O) groups excluding carboxylic acids is 1. The van der Waals surface area contributed by atoms with Gasteiger partial charge in [0.25, 0.3) is 5.91 Å². The van der Waals surface area contributed by atoms with E-state index in [9.17, 15) is 4.79 Å². The molecule has 1 aliphatic heterocycles. The summed E-state index contributed by atoms with van der Waals surface area (Å²) in [6.45, 7) is 7.05. The topological polar surface area (TPSA) is 32.3 Å². The third-order valence-corrected chi connectivity index (χ3v) is 3.85. The summed E-state index contributed by atoms with van der Waals surface area (Å²) in [7, 11) is 0. The molecule has 112 valence electrons. The zero-order valence-electron chi connectivity index (χ0n) is 12.4. The molecule has 1 amide bonds. The Balaban J connectivity index is 0.00000200. The van der Waals surface area contributed by atoms with Crippen molar-refractivity contribution in [1.82, 2.24) is 10.2 Å². The second-order valence-electron chi connectivity index (χ2n) is 5.29. The van der Waals surface area contributed by atoms with E-state index in [-0.39, 0.29) is 18.3 Å². The lowest BCUT2D eigenvalue weighted by Crippen LogP contribution is -2.46. The highest BCUT2D eigenvalue weighted by Gasteiger charge is 2.25.